The zero-order valence-corrected chi connectivity index (χ0v) is 16.1. The van der Waals surface area contributed by atoms with Gasteiger partial charge in [-0.3, -0.25) is 14.9 Å². The summed E-state index contributed by atoms with van der Waals surface area (Å²) in [6.45, 7) is 3.80. The molecule has 1 saturated heterocycles. The third-order valence-corrected chi connectivity index (χ3v) is 5.36. The number of urea groups is 1. The van der Waals surface area contributed by atoms with Gasteiger partial charge in [0.1, 0.15) is 5.57 Å². The molecular weight excluding hydrogens is 354 g/mol. The maximum Gasteiger partial charge on any atom is 0.335 e. The molecule has 6 heteroatoms. The van der Waals surface area contributed by atoms with E-state index in [2.05, 4.69) is 9.88 Å². The number of hydrogen-bond donors (Lipinski definition) is 1. The van der Waals surface area contributed by atoms with Crippen molar-refractivity contribution in [2.24, 2.45) is 0 Å². The van der Waals surface area contributed by atoms with E-state index in [4.69, 9.17) is 0 Å². The van der Waals surface area contributed by atoms with Crippen LogP contribution in [0.25, 0.3) is 6.08 Å². The quantitative estimate of drug-likeness (QED) is 0.652. The van der Waals surface area contributed by atoms with Crippen molar-refractivity contribution < 1.29 is 14.4 Å². The van der Waals surface area contributed by atoms with Gasteiger partial charge in [-0.25, -0.2) is 9.69 Å². The zero-order chi connectivity index (χ0) is 19.8. The molecule has 0 unspecified atom stereocenters. The van der Waals surface area contributed by atoms with E-state index >= 15 is 0 Å². The number of aromatic nitrogens is 1. The van der Waals surface area contributed by atoms with Crippen LogP contribution in [0.5, 0.6) is 0 Å². The molecule has 1 N–H and O–H groups in total. The Balaban J connectivity index is 1.66. The minimum absolute atomic E-state index is 0.0390. The van der Waals surface area contributed by atoms with Crippen molar-refractivity contribution in [2.75, 3.05) is 4.90 Å². The average Bonchev–Trinajstić information content (AvgIpc) is 3.29. The number of carbonyl (C=O) groups excluding carboxylic acids is 3. The van der Waals surface area contributed by atoms with Gasteiger partial charge in [-0.15, -0.1) is 0 Å². The van der Waals surface area contributed by atoms with Gasteiger partial charge in [0.15, 0.2) is 0 Å². The highest BCUT2D eigenvalue weighted by Crippen LogP contribution is 2.30. The summed E-state index contributed by atoms with van der Waals surface area (Å²) in [5.74, 6) is -1.27. The normalized spacial score (nSPS) is 19.6. The molecule has 2 aromatic rings. The Hall–Kier alpha value is -3.15. The third kappa shape index (κ3) is 3.38. The minimum atomic E-state index is -0.722. The molecule has 4 rings (SSSR count). The van der Waals surface area contributed by atoms with Crippen LogP contribution in [0.3, 0.4) is 0 Å². The first-order chi connectivity index (χ1) is 13.4. The van der Waals surface area contributed by atoms with Crippen LogP contribution in [-0.4, -0.2) is 22.4 Å². The van der Waals surface area contributed by atoms with Crippen molar-refractivity contribution in [3.05, 3.63) is 58.9 Å². The predicted molar refractivity (Wildman–Crippen MR) is 107 cm³/mol. The fourth-order valence-electron chi connectivity index (χ4n) is 4.08. The van der Waals surface area contributed by atoms with Crippen molar-refractivity contribution >= 4 is 29.6 Å². The number of benzene rings is 1. The van der Waals surface area contributed by atoms with Crippen LogP contribution in [-0.2, 0) is 9.59 Å². The summed E-state index contributed by atoms with van der Waals surface area (Å²) in [5, 5.41) is 2.28. The highest BCUT2D eigenvalue weighted by Gasteiger charge is 2.37. The number of rotatable bonds is 3. The van der Waals surface area contributed by atoms with Crippen LogP contribution in [0.4, 0.5) is 10.5 Å². The molecule has 0 bridgehead atoms. The summed E-state index contributed by atoms with van der Waals surface area (Å²) in [6, 6.07) is 7.13. The fraction of sp³-hybridized carbons (Fsp3) is 0.318. The summed E-state index contributed by atoms with van der Waals surface area (Å²) in [4.78, 5) is 38.7. The molecule has 1 aliphatic heterocycles. The average molecular weight is 377 g/mol. The van der Waals surface area contributed by atoms with Crippen molar-refractivity contribution in [3.8, 4) is 0 Å². The third-order valence-electron chi connectivity index (χ3n) is 5.36. The second kappa shape index (κ2) is 7.11. The van der Waals surface area contributed by atoms with Gasteiger partial charge in [-0.1, -0.05) is 18.9 Å². The lowest BCUT2D eigenvalue weighted by atomic mass is 10.1. The molecule has 1 aromatic carbocycles. The summed E-state index contributed by atoms with van der Waals surface area (Å²) >= 11 is 0. The van der Waals surface area contributed by atoms with Crippen molar-refractivity contribution in [1.82, 2.24) is 9.88 Å². The van der Waals surface area contributed by atoms with E-state index in [0.717, 1.165) is 34.4 Å². The van der Waals surface area contributed by atoms with Gasteiger partial charge in [0.2, 0.25) is 0 Å². The molecule has 0 radical (unpaired) electrons. The van der Waals surface area contributed by atoms with E-state index in [1.165, 1.54) is 12.8 Å². The van der Waals surface area contributed by atoms with Gasteiger partial charge in [-0.05, 0) is 67.7 Å². The zero-order valence-electron chi connectivity index (χ0n) is 16.1. The Morgan fingerprint density at radius 3 is 2.39 bits per heavy atom. The molecule has 0 spiro atoms. The number of barbiturate groups is 1. The summed E-state index contributed by atoms with van der Waals surface area (Å²) in [7, 11) is 0. The first-order valence-electron chi connectivity index (χ1n) is 9.59. The van der Waals surface area contributed by atoms with Gasteiger partial charge < -0.3 is 4.57 Å². The molecular formula is C22H23N3O3. The lowest BCUT2D eigenvalue weighted by molar-refractivity contribution is -0.122. The molecule has 6 nitrogen and oxygen atoms in total. The molecule has 1 aromatic heterocycles. The van der Waals surface area contributed by atoms with E-state index in [1.54, 1.807) is 18.2 Å². The number of imide groups is 2. The topological polar surface area (TPSA) is 71.4 Å². The van der Waals surface area contributed by atoms with Crippen LogP contribution in [0.1, 0.15) is 48.4 Å². The summed E-state index contributed by atoms with van der Waals surface area (Å²) < 4.78 is 2.15. The Morgan fingerprint density at radius 1 is 1.04 bits per heavy atom. The monoisotopic (exact) mass is 377 g/mol. The highest BCUT2D eigenvalue weighted by molar-refractivity contribution is 6.39. The molecule has 1 aliphatic carbocycles. The Bertz CT molecular complexity index is 976. The van der Waals surface area contributed by atoms with E-state index in [1.807, 2.05) is 38.4 Å². The molecule has 144 valence electrons. The van der Waals surface area contributed by atoms with Gasteiger partial charge in [0.25, 0.3) is 11.8 Å². The highest BCUT2D eigenvalue weighted by atomic mass is 16.2. The number of hydrogen-bond acceptors (Lipinski definition) is 3. The fourth-order valence-corrected chi connectivity index (χ4v) is 4.08. The molecule has 2 aliphatic rings. The van der Waals surface area contributed by atoms with Gasteiger partial charge in [-0.2, -0.15) is 0 Å². The largest absolute Gasteiger partial charge is 0.351 e. The maximum absolute atomic E-state index is 13.0. The van der Waals surface area contributed by atoms with Crippen molar-refractivity contribution in [1.29, 1.82) is 0 Å². The Kier molecular flexibility index (Phi) is 4.63. The molecule has 28 heavy (non-hydrogen) atoms. The molecule has 1 saturated carbocycles. The second-order valence-corrected chi connectivity index (χ2v) is 7.63. The minimum Gasteiger partial charge on any atom is -0.351 e. The number of aryl methyl sites for hydroxylation is 2. The SMILES string of the molecule is Cc1cc(C)cc(N2C(=O)NC(=O)/C(=C/c3ccn(C4CCCC4)c3)C2=O)c1. The second-order valence-electron chi connectivity index (χ2n) is 7.63. The number of anilines is 1. The van der Waals surface area contributed by atoms with Crippen LogP contribution in [0.2, 0.25) is 0 Å². The molecule has 2 heterocycles. The maximum atomic E-state index is 13.0. The molecule has 0 atom stereocenters. The van der Waals surface area contributed by atoms with Crippen LogP contribution < -0.4 is 10.2 Å². The lowest BCUT2D eigenvalue weighted by Crippen LogP contribution is -2.54. The molecule has 4 amide bonds. The standard InChI is InChI=1S/C22H23N3O3/c1-14-9-15(2)11-18(10-14)25-21(27)19(20(26)23-22(25)28)12-16-7-8-24(13-16)17-5-3-4-6-17/h7-13,17H,3-6H2,1-2H3,(H,23,26,28)/b19-12-. The van der Waals surface area contributed by atoms with Crippen molar-refractivity contribution in [2.45, 2.75) is 45.6 Å². The van der Waals surface area contributed by atoms with Crippen LogP contribution >= 0.6 is 0 Å². The van der Waals surface area contributed by atoms with Crippen LogP contribution in [0.15, 0.2) is 42.2 Å². The predicted octanol–water partition coefficient (Wildman–Crippen LogP) is 3.89. The van der Waals surface area contributed by atoms with E-state index in [0.29, 0.717) is 11.7 Å². The van der Waals surface area contributed by atoms with Crippen molar-refractivity contribution in [3.63, 3.8) is 0 Å². The lowest BCUT2D eigenvalue weighted by Gasteiger charge is -2.26. The summed E-state index contributed by atoms with van der Waals surface area (Å²) in [6.07, 6.45) is 10.3. The van der Waals surface area contributed by atoms with E-state index < -0.39 is 17.8 Å². The first-order valence-corrected chi connectivity index (χ1v) is 9.59. The number of carbonyl (C=O) groups is 3. The van der Waals surface area contributed by atoms with Gasteiger partial charge in [0.05, 0.1) is 5.69 Å². The smallest absolute Gasteiger partial charge is 0.335 e. The Labute approximate surface area is 163 Å². The first kappa shape index (κ1) is 18.2. The van der Waals surface area contributed by atoms with Gasteiger partial charge >= 0.3 is 6.03 Å². The van der Waals surface area contributed by atoms with E-state index in [-0.39, 0.29) is 5.57 Å². The summed E-state index contributed by atoms with van der Waals surface area (Å²) in [5.41, 5.74) is 3.07. The van der Waals surface area contributed by atoms with E-state index in [9.17, 15) is 14.4 Å². The number of nitrogens with one attached hydrogen (secondary N) is 1. The number of amides is 4. The van der Waals surface area contributed by atoms with Crippen LogP contribution in [0, 0.1) is 13.8 Å². The Morgan fingerprint density at radius 2 is 1.71 bits per heavy atom. The number of nitrogens with zero attached hydrogens (tertiary/aromatic N) is 2. The molecule has 2 fully saturated rings. The van der Waals surface area contributed by atoms with Gasteiger partial charge in [0, 0.05) is 18.4 Å².